The maximum absolute atomic E-state index is 14.0. The highest BCUT2D eigenvalue weighted by Gasteiger charge is 2.11. The molecule has 0 saturated carbocycles. The van der Waals surface area contributed by atoms with Crippen molar-refractivity contribution in [3.63, 3.8) is 0 Å². The van der Waals surface area contributed by atoms with Crippen molar-refractivity contribution in [3.05, 3.63) is 66.4 Å². The molecule has 0 fully saturated rings. The Balaban J connectivity index is 1.93. The van der Waals surface area contributed by atoms with Gasteiger partial charge in [-0.25, -0.2) is 4.39 Å². The molecule has 0 spiro atoms. The Labute approximate surface area is 132 Å². The minimum Gasteiger partial charge on any atom is -0.317 e. The van der Waals surface area contributed by atoms with Crippen LogP contribution in [-0.4, -0.2) is 19.3 Å². The van der Waals surface area contributed by atoms with E-state index in [0.717, 1.165) is 28.2 Å². The van der Waals surface area contributed by atoms with Crippen molar-refractivity contribution in [2.24, 2.45) is 7.05 Å². The molecule has 4 nitrogen and oxygen atoms in total. The molecule has 5 heteroatoms. The summed E-state index contributed by atoms with van der Waals surface area (Å²) in [6, 6.07) is 13.1. The van der Waals surface area contributed by atoms with E-state index in [2.05, 4.69) is 10.2 Å². The first-order valence-electron chi connectivity index (χ1n) is 7.36. The summed E-state index contributed by atoms with van der Waals surface area (Å²) in [6.45, 7) is 1.99. The van der Waals surface area contributed by atoms with Crippen LogP contribution in [0.25, 0.3) is 28.0 Å². The van der Waals surface area contributed by atoms with Gasteiger partial charge in [0, 0.05) is 29.9 Å². The molecule has 0 amide bonds. The van der Waals surface area contributed by atoms with E-state index in [1.165, 1.54) is 6.07 Å². The first-order valence-corrected chi connectivity index (χ1v) is 7.36. The van der Waals surface area contributed by atoms with E-state index in [0.29, 0.717) is 5.39 Å². The largest absolute Gasteiger partial charge is 0.317 e. The van der Waals surface area contributed by atoms with Gasteiger partial charge in [0.25, 0.3) is 0 Å². The Bertz CT molecular complexity index is 1010. The number of hydrogen-bond acceptors (Lipinski definition) is 2. The summed E-state index contributed by atoms with van der Waals surface area (Å²) < 4.78 is 17.9. The summed E-state index contributed by atoms with van der Waals surface area (Å²) in [7, 11) is 1.91. The van der Waals surface area contributed by atoms with Crippen LogP contribution in [0.3, 0.4) is 0 Å². The topological polar surface area (TPSA) is 35.6 Å². The van der Waals surface area contributed by atoms with Crippen LogP contribution in [0.2, 0.25) is 0 Å². The van der Waals surface area contributed by atoms with Gasteiger partial charge in [-0.1, -0.05) is 18.2 Å². The average Bonchev–Trinajstić information content (AvgIpc) is 3.18. The second kappa shape index (κ2) is 5.05. The summed E-state index contributed by atoms with van der Waals surface area (Å²) in [4.78, 5) is 0. The Morgan fingerprint density at radius 3 is 2.74 bits per heavy atom. The van der Waals surface area contributed by atoms with Crippen LogP contribution in [0.4, 0.5) is 4.39 Å². The SMILES string of the molecule is Cc1ccc(F)c2ccn(-c3cccc(-c4nncn4C)c3)c12. The molecule has 0 aliphatic heterocycles. The first kappa shape index (κ1) is 13.7. The highest BCUT2D eigenvalue weighted by Crippen LogP contribution is 2.27. The fourth-order valence-electron chi connectivity index (χ4n) is 2.95. The molecule has 0 N–H and O–H groups in total. The molecule has 114 valence electrons. The zero-order chi connectivity index (χ0) is 16.0. The van der Waals surface area contributed by atoms with Gasteiger partial charge in [-0.05, 0) is 36.8 Å². The molecule has 4 rings (SSSR count). The van der Waals surface area contributed by atoms with E-state index in [-0.39, 0.29) is 5.82 Å². The van der Waals surface area contributed by atoms with E-state index in [1.54, 1.807) is 12.4 Å². The zero-order valence-corrected chi connectivity index (χ0v) is 12.9. The van der Waals surface area contributed by atoms with Crippen LogP contribution < -0.4 is 0 Å². The Kier molecular flexibility index (Phi) is 3.01. The molecule has 2 heterocycles. The third-order valence-electron chi connectivity index (χ3n) is 4.09. The third-order valence-corrected chi connectivity index (χ3v) is 4.09. The molecule has 0 aliphatic rings. The quantitative estimate of drug-likeness (QED) is 0.563. The second-order valence-electron chi connectivity index (χ2n) is 5.63. The van der Waals surface area contributed by atoms with Gasteiger partial charge in [-0.3, -0.25) is 0 Å². The minimum atomic E-state index is -0.200. The summed E-state index contributed by atoms with van der Waals surface area (Å²) in [5.41, 5.74) is 3.86. The van der Waals surface area contributed by atoms with Crippen molar-refractivity contribution in [2.75, 3.05) is 0 Å². The fourth-order valence-corrected chi connectivity index (χ4v) is 2.95. The van der Waals surface area contributed by atoms with Gasteiger partial charge in [0.1, 0.15) is 12.1 Å². The number of rotatable bonds is 2. The van der Waals surface area contributed by atoms with E-state index in [4.69, 9.17) is 0 Å². The van der Waals surface area contributed by atoms with Crippen LogP contribution in [0.15, 0.2) is 55.0 Å². The molecule has 2 aromatic carbocycles. The Morgan fingerprint density at radius 1 is 1.09 bits per heavy atom. The highest BCUT2D eigenvalue weighted by molar-refractivity contribution is 5.85. The summed E-state index contributed by atoms with van der Waals surface area (Å²) >= 11 is 0. The molecular weight excluding hydrogens is 291 g/mol. The van der Waals surface area contributed by atoms with Crippen molar-refractivity contribution >= 4 is 10.9 Å². The number of nitrogens with zero attached hydrogens (tertiary/aromatic N) is 4. The number of hydrogen-bond donors (Lipinski definition) is 0. The Hall–Kier alpha value is -2.95. The van der Waals surface area contributed by atoms with E-state index in [9.17, 15) is 4.39 Å². The van der Waals surface area contributed by atoms with Crippen LogP contribution in [0.5, 0.6) is 0 Å². The lowest BCUT2D eigenvalue weighted by molar-refractivity contribution is 0.639. The van der Waals surface area contributed by atoms with Crippen LogP contribution >= 0.6 is 0 Å². The summed E-state index contributed by atoms with van der Waals surface area (Å²) in [5, 5.41) is 8.70. The van der Waals surface area contributed by atoms with E-state index >= 15 is 0 Å². The third kappa shape index (κ3) is 2.12. The fraction of sp³-hybridized carbons (Fsp3) is 0.111. The second-order valence-corrected chi connectivity index (χ2v) is 5.63. The molecule has 4 aromatic rings. The first-order chi connectivity index (χ1) is 11.1. The van der Waals surface area contributed by atoms with Crippen LogP contribution in [-0.2, 0) is 7.05 Å². The van der Waals surface area contributed by atoms with Crippen molar-refractivity contribution in [3.8, 4) is 17.1 Å². The van der Waals surface area contributed by atoms with Gasteiger partial charge < -0.3 is 9.13 Å². The zero-order valence-electron chi connectivity index (χ0n) is 12.9. The van der Waals surface area contributed by atoms with Gasteiger partial charge in [-0.2, -0.15) is 0 Å². The van der Waals surface area contributed by atoms with Gasteiger partial charge in [-0.15, -0.1) is 10.2 Å². The molecule has 0 unspecified atom stereocenters. The number of benzene rings is 2. The van der Waals surface area contributed by atoms with Crippen molar-refractivity contribution < 1.29 is 4.39 Å². The highest BCUT2D eigenvalue weighted by atomic mass is 19.1. The van der Waals surface area contributed by atoms with Crippen molar-refractivity contribution in [1.29, 1.82) is 0 Å². The number of fused-ring (bicyclic) bond motifs is 1. The molecule has 0 atom stereocenters. The molecular formula is C18H15FN4. The average molecular weight is 306 g/mol. The maximum Gasteiger partial charge on any atom is 0.163 e. The van der Waals surface area contributed by atoms with Gasteiger partial charge in [0.05, 0.1) is 5.52 Å². The molecule has 0 radical (unpaired) electrons. The number of aryl methyl sites for hydroxylation is 2. The maximum atomic E-state index is 14.0. The normalized spacial score (nSPS) is 11.3. The predicted molar refractivity (Wildman–Crippen MR) is 88.0 cm³/mol. The monoisotopic (exact) mass is 306 g/mol. The molecule has 23 heavy (non-hydrogen) atoms. The Morgan fingerprint density at radius 2 is 1.96 bits per heavy atom. The predicted octanol–water partition coefficient (Wildman–Crippen LogP) is 3.87. The van der Waals surface area contributed by atoms with Crippen LogP contribution in [0, 0.1) is 12.7 Å². The lowest BCUT2D eigenvalue weighted by Gasteiger charge is -2.10. The van der Waals surface area contributed by atoms with E-state index < -0.39 is 0 Å². The van der Waals surface area contributed by atoms with Crippen molar-refractivity contribution in [2.45, 2.75) is 6.92 Å². The van der Waals surface area contributed by atoms with Gasteiger partial charge in [0.15, 0.2) is 5.82 Å². The van der Waals surface area contributed by atoms with Crippen molar-refractivity contribution in [1.82, 2.24) is 19.3 Å². The number of aromatic nitrogens is 4. The minimum absolute atomic E-state index is 0.200. The molecule has 0 saturated heterocycles. The molecule has 0 aliphatic carbocycles. The lowest BCUT2D eigenvalue weighted by Crippen LogP contribution is -1.96. The number of halogens is 1. The summed E-state index contributed by atoms with van der Waals surface area (Å²) in [6.07, 6.45) is 3.57. The molecule has 0 bridgehead atoms. The van der Waals surface area contributed by atoms with Crippen LogP contribution in [0.1, 0.15) is 5.56 Å². The molecule has 2 aromatic heterocycles. The summed E-state index contributed by atoms with van der Waals surface area (Å²) in [5.74, 6) is 0.597. The van der Waals surface area contributed by atoms with Gasteiger partial charge in [0.2, 0.25) is 0 Å². The van der Waals surface area contributed by atoms with E-state index in [1.807, 2.05) is 59.6 Å². The lowest BCUT2D eigenvalue weighted by atomic mass is 10.1. The standard InChI is InChI=1S/C18H15FN4/c1-12-6-7-16(19)15-8-9-23(17(12)15)14-5-3-4-13(10-14)18-21-20-11-22(18)2/h3-11H,1-2H3. The van der Waals surface area contributed by atoms with Gasteiger partial charge >= 0.3 is 0 Å². The smallest absolute Gasteiger partial charge is 0.163 e.